The van der Waals surface area contributed by atoms with Crippen molar-refractivity contribution in [2.24, 2.45) is 0 Å². The molecule has 0 aliphatic carbocycles. The van der Waals surface area contributed by atoms with Crippen LogP contribution in [0.5, 0.6) is 0 Å². The number of thioether (sulfide) groups is 1. The number of hydrogen-bond donors (Lipinski definition) is 1. The van der Waals surface area contributed by atoms with Crippen LogP contribution in [0.15, 0.2) is 11.2 Å². The van der Waals surface area contributed by atoms with Crippen molar-refractivity contribution in [3.05, 3.63) is 9.77 Å². The summed E-state index contributed by atoms with van der Waals surface area (Å²) < 4.78 is 1.19. The van der Waals surface area contributed by atoms with Gasteiger partial charge in [-0.05, 0) is 28.8 Å². The van der Waals surface area contributed by atoms with Gasteiger partial charge in [0.25, 0.3) is 0 Å². The fourth-order valence-electron chi connectivity index (χ4n) is 0.406. The molecule has 1 aromatic heterocycles. The summed E-state index contributed by atoms with van der Waals surface area (Å²) in [6, 6.07) is 0. The molecule has 4 heteroatoms. The van der Waals surface area contributed by atoms with E-state index in [1.54, 1.807) is 11.8 Å². The first kappa shape index (κ1) is 6.41. The largest absolute Gasteiger partial charge is 0.284 e. The molecule has 0 saturated carbocycles. The van der Waals surface area contributed by atoms with Gasteiger partial charge in [-0.3, -0.25) is 5.10 Å². The monoisotopic (exact) mass is 240 g/mol. The van der Waals surface area contributed by atoms with Gasteiger partial charge in [0.1, 0.15) is 5.03 Å². The Balaban J connectivity index is 2.92. The Morgan fingerprint density at radius 1 is 1.88 bits per heavy atom. The summed E-state index contributed by atoms with van der Waals surface area (Å²) in [6.07, 6.45) is 3.89. The summed E-state index contributed by atoms with van der Waals surface area (Å²) >= 11 is 3.89. The van der Waals surface area contributed by atoms with Crippen molar-refractivity contribution in [3.63, 3.8) is 0 Å². The summed E-state index contributed by atoms with van der Waals surface area (Å²) in [5.41, 5.74) is 0. The maximum absolute atomic E-state index is 3.96. The lowest BCUT2D eigenvalue weighted by Crippen LogP contribution is -1.69. The number of hydrogen-bond acceptors (Lipinski definition) is 2. The van der Waals surface area contributed by atoms with Crippen LogP contribution in [0.1, 0.15) is 0 Å². The van der Waals surface area contributed by atoms with E-state index in [1.165, 1.54) is 3.57 Å². The molecular weight excluding hydrogens is 235 g/mol. The standard InChI is InChI=1S/C4H5IN2S/c1-8-4-3(5)2-6-7-4/h2H,1H3,(H,6,7). The highest BCUT2D eigenvalue weighted by atomic mass is 127. The molecule has 1 N–H and O–H groups in total. The quantitative estimate of drug-likeness (QED) is 0.598. The minimum absolute atomic E-state index is 1.07. The molecule has 0 unspecified atom stereocenters. The second kappa shape index (κ2) is 2.72. The van der Waals surface area contributed by atoms with E-state index in [2.05, 4.69) is 32.8 Å². The Kier molecular flexibility index (Phi) is 2.18. The van der Waals surface area contributed by atoms with Crippen molar-refractivity contribution in [3.8, 4) is 0 Å². The van der Waals surface area contributed by atoms with Crippen molar-refractivity contribution in [2.75, 3.05) is 6.26 Å². The van der Waals surface area contributed by atoms with Crippen LogP contribution in [-0.2, 0) is 0 Å². The molecule has 0 amide bonds. The Hall–Kier alpha value is 0.290. The van der Waals surface area contributed by atoms with Crippen LogP contribution in [-0.4, -0.2) is 16.5 Å². The number of H-pyrrole nitrogens is 1. The van der Waals surface area contributed by atoms with Crippen molar-refractivity contribution >= 4 is 34.4 Å². The van der Waals surface area contributed by atoms with Crippen LogP contribution in [0.25, 0.3) is 0 Å². The fraction of sp³-hybridized carbons (Fsp3) is 0.250. The molecule has 1 aromatic rings. The molecule has 2 nitrogen and oxygen atoms in total. The first-order valence-electron chi connectivity index (χ1n) is 2.08. The lowest BCUT2D eigenvalue weighted by Gasteiger charge is -1.83. The van der Waals surface area contributed by atoms with E-state index in [0.717, 1.165) is 5.03 Å². The van der Waals surface area contributed by atoms with Gasteiger partial charge in [0, 0.05) is 6.20 Å². The van der Waals surface area contributed by atoms with Crippen LogP contribution in [0.4, 0.5) is 0 Å². The van der Waals surface area contributed by atoms with Gasteiger partial charge in [-0.1, -0.05) is 0 Å². The minimum Gasteiger partial charge on any atom is -0.284 e. The third-order valence-electron chi connectivity index (χ3n) is 0.755. The molecule has 0 fully saturated rings. The maximum Gasteiger partial charge on any atom is 0.131 e. The van der Waals surface area contributed by atoms with Crippen molar-refractivity contribution in [2.45, 2.75) is 5.03 Å². The zero-order chi connectivity index (χ0) is 5.98. The molecule has 0 radical (unpaired) electrons. The molecule has 44 valence electrons. The van der Waals surface area contributed by atoms with E-state index in [9.17, 15) is 0 Å². The molecular formula is C4H5IN2S. The Labute approximate surface area is 65.6 Å². The van der Waals surface area contributed by atoms with Gasteiger partial charge in [0.15, 0.2) is 0 Å². The highest BCUT2D eigenvalue weighted by Crippen LogP contribution is 2.17. The molecule has 0 bridgehead atoms. The number of rotatable bonds is 1. The van der Waals surface area contributed by atoms with E-state index >= 15 is 0 Å². The minimum atomic E-state index is 1.07. The average Bonchev–Trinajstić information content (AvgIpc) is 2.14. The number of halogens is 1. The molecule has 1 rings (SSSR count). The lowest BCUT2D eigenvalue weighted by molar-refractivity contribution is 1.00. The van der Waals surface area contributed by atoms with Crippen LogP contribution in [0, 0.1) is 3.57 Å². The highest BCUT2D eigenvalue weighted by Gasteiger charge is 1.96. The van der Waals surface area contributed by atoms with Gasteiger partial charge >= 0.3 is 0 Å². The lowest BCUT2D eigenvalue weighted by atomic mass is 10.8. The van der Waals surface area contributed by atoms with Crippen LogP contribution in [0.2, 0.25) is 0 Å². The second-order valence-electron chi connectivity index (χ2n) is 1.24. The first-order chi connectivity index (χ1) is 3.84. The summed E-state index contributed by atoms with van der Waals surface area (Å²) in [6.45, 7) is 0. The van der Waals surface area contributed by atoms with E-state index < -0.39 is 0 Å². The Morgan fingerprint density at radius 2 is 2.62 bits per heavy atom. The highest BCUT2D eigenvalue weighted by molar-refractivity contribution is 14.1. The number of aromatic nitrogens is 2. The summed E-state index contributed by atoms with van der Waals surface area (Å²) in [5, 5.41) is 7.81. The summed E-state index contributed by atoms with van der Waals surface area (Å²) in [5.74, 6) is 0. The smallest absolute Gasteiger partial charge is 0.131 e. The molecule has 1 heterocycles. The van der Waals surface area contributed by atoms with Gasteiger partial charge < -0.3 is 0 Å². The van der Waals surface area contributed by atoms with Crippen LogP contribution in [0.3, 0.4) is 0 Å². The zero-order valence-electron chi connectivity index (χ0n) is 4.31. The summed E-state index contributed by atoms with van der Waals surface area (Å²) in [7, 11) is 0. The molecule has 0 spiro atoms. The van der Waals surface area contributed by atoms with E-state index in [0.29, 0.717) is 0 Å². The number of aromatic amines is 1. The topological polar surface area (TPSA) is 28.7 Å². The van der Waals surface area contributed by atoms with E-state index in [4.69, 9.17) is 0 Å². The van der Waals surface area contributed by atoms with Crippen LogP contribution < -0.4 is 0 Å². The van der Waals surface area contributed by atoms with E-state index in [1.807, 2.05) is 12.5 Å². The third kappa shape index (κ3) is 1.17. The zero-order valence-corrected chi connectivity index (χ0v) is 7.28. The molecule has 0 aliphatic heterocycles. The molecule has 8 heavy (non-hydrogen) atoms. The van der Waals surface area contributed by atoms with Gasteiger partial charge in [-0.2, -0.15) is 5.10 Å². The molecule has 0 aliphatic rings. The van der Waals surface area contributed by atoms with Gasteiger partial charge in [0.05, 0.1) is 3.57 Å². The van der Waals surface area contributed by atoms with Gasteiger partial charge in [-0.25, -0.2) is 0 Å². The predicted molar refractivity (Wildman–Crippen MR) is 43.1 cm³/mol. The van der Waals surface area contributed by atoms with Crippen molar-refractivity contribution < 1.29 is 0 Å². The Morgan fingerprint density at radius 3 is 2.88 bits per heavy atom. The predicted octanol–water partition coefficient (Wildman–Crippen LogP) is 1.74. The third-order valence-corrected chi connectivity index (χ3v) is 2.64. The van der Waals surface area contributed by atoms with Crippen molar-refractivity contribution in [1.29, 1.82) is 0 Å². The van der Waals surface area contributed by atoms with Gasteiger partial charge in [-0.15, -0.1) is 11.8 Å². The van der Waals surface area contributed by atoms with Gasteiger partial charge in [0.2, 0.25) is 0 Å². The molecule has 0 atom stereocenters. The summed E-state index contributed by atoms with van der Waals surface area (Å²) in [4.78, 5) is 0. The average molecular weight is 240 g/mol. The molecule has 0 aromatic carbocycles. The first-order valence-corrected chi connectivity index (χ1v) is 4.38. The fourth-order valence-corrected chi connectivity index (χ4v) is 1.72. The Bertz CT molecular complexity index is 174. The second-order valence-corrected chi connectivity index (χ2v) is 3.20. The number of nitrogens with zero attached hydrogens (tertiary/aromatic N) is 1. The molecule has 0 saturated heterocycles. The van der Waals surface area contributed by atoms with E-state index in [-0.39, 0.29) is 0 Å². The van der Waals surface area contributed by atoms with Crippen LogP contribution >= 0.6 is 34.4 Å². The maximum atomic E-state index is 3.96. The normalized spacial score (nSPS) is 9.75. The SMILES string of the molecule is CSc1n[nH]cc1I. The number of nitrogens with one attached hydrogen (secondary N) is 1. The van der Waals surface area contributed by atoms with Crippen molar-refractivity contribution in [1.82, 2.24) is 10.2 Å².